The Balaban J connectivity index is 1.39. The third-order valence-electron chi connectivity index (χ3n) is 5.50. The van der Waals surface area contributed by atoms with Crippen molar-refractivity contribution in [2.24, 2.45) is 5.92 Å². The van der Waals surface area contributed by atoms with E-state index in [9.17, 15) is 4.79 Å². The number of fused-ring (bicyclic) bond motifs is 1. The van der Waals surface area contributed by atoms with Crippen molar-refractivity contribution in [2.45, 2.75) is 51.0 Å². The van der Waals surface area contributed by atoms with Gasteiger partial charge in [-0.15, -0.1) is 5.10 Å². The first kappa shape index (κ1) is 15.8. The predicted molar refractivity (Wildman–Crippen MR) is 85.9 cm³/mol. The van der Waals surface area contributed by atoms with E-state index in [1.54, 1.807) is 7.11 Å². The van der Waals surface area contributed by atoms with Gasteiger partial charge in [-0.2, -0.15) is 0 Å². The van der Waals surface area contributed by atoms with E-state index in [1.807, 2.05) is 9.58 Å². The topological polar surface area (TPSA) is 69.5 Å². The first-order chi connectivity index (χ1) is 11.7. The van der Waals surface area contributed by atoms with Gasteiger partial charge in [0.2, 0.25) is 5.91 Å². The molecule has 1 amide bonds. The molecule has 7 heteroatoms. The molecule has 3 heterocycles. The Hall–Kier alpha value is -1.73. The average molecular weight is 332 g/mol. The zero-order chi connectivity index (χ0) is 16.6. The summed E-state index contributed by atoms with van der Waals surface area (Å²) in [6.07, 6.45) is 7.73. The molecule has 0 aromatic carbocycles. The number of likely N-dealkylation sites (tertiary alicyclic amines) is 1. The summed E-state index contributed by atoms with van der Waals surface area (Å²) in [4.78, 5) is 14.6. The molecule has 130 valence electrons. The smallest absolute Gasteiger partial charge is 0.226 e. The molecule has 1 saturated heterocycles. The van der Waals surface area contributed by atoms with Crippen molar-refractivity contribution in [3.05, 3.63) is 23.5 Å². The number of allylic oxidation sites excluding steroid dienone is 2. The quantitative estimate of drug-likeness (QED) is 0.780. The highest BCUT2D eigenvalue weighted by Gasteiger charge is 2.42. The van der Waals surface area contributed by atoms with E-state index in [1.165, 1.54) is 0 Å². The second-order valence-corrected chi connectivity index (χ2v) is 7.01. The average Bonchev–Trinajstić information content (AvgIpc) is 3.25. The van der Waals surface area contributed by atoms with Gasteiger partial charge in [-0.1, -0.05) is 17.4 Å². The lowest BCUT2D eigenvalue weighted by atomic mass is 9.89. The molecule has 3 aliphatic rings. The van der Waals surface area contributed by atoms with Gasteiger partial charge >= 0.3 is 0 Å². The zero-order valence-corrected chi connectivity index (χ0v) is 14.1. The van der Waals surface area contributed by atoms with E-state index in [0.717, 1.165) is 50.2 Å². The van der Waals surface area contributed by atoms with E-state index in [0.29, 0.717) is 25.7 Å². The van der Waals surface area contributed by atoms with Crippen LogP contribution in [0.1, 0.15) is 37.1 Å². The van der Waals surface area contributed by atoms with Crippen molar-refractivity contribution >= 4 is 5.91 Å². The van der Waals surface area contributed by atoms with Gasteiger partial charge in [0.1, 0.15) is 5.69 Å². The first-order valence-corrected chi connectivity index (χ1v) is 8.69. The van der Waals surface area contributed by atoms with E-state index in [-0.39, 0.29) is 11.5 Å². The lowest BCUT2D eigenvalue weighted by Crippen LogP contribution is -2.52. The summed E-state index contributed by atoms with van der Waals surface area (Å²) in [6, 6.07) is 0. The number of aromatic nitrogens is 3. The van der Waals surface area contributed by atoms with Gasteiger partial charge in [-0.25, -0.2) is 4.68 Å². The molecule has 0 saturated carbocycles. The molecule has 1 fully saturated rings. The Labute approximate surface area is 141 Å². The molecule has 1 aromatic heterocycles. The van der Waals surface area contributed by atoms with E-state index in [4.69, 9.17) is 9.47 Å². The highest BCUT2D eigenvalue weighted by molar-refractivity contribution is 5.79. The van der Waals surface area contributed by atoms with Gasteiger partial charge < -0.3 is 14.4 Å². The molecule has 1 aliphatic carbocycles. The van der Waals surface area contributed by atoms with Gasteiger partial charge in [-0.3, -0.25) is 4.79 Å². The summed E-state index contributed by atoms with van der Waals surface area (Å²) in [5.74, 6) is 0.458. The number of hydrogen-bond acceptors (Lipinski definition) is 5. The van der Waals surface area contributed by atoms with Crippen LogP contribution in [0.3, 0.4) is 0 Å². The molecule has 24 heavy (non-hydrogen) atoms. The molecular weight excluding hydrogens is 308 g/mol. The van der Waals surface area contributed by atoms with E-state index >= 15 is 0 Å². The normalized spacial score (nSPS) is 23.0. The van der Waals surface area contributed by atoms with Crippen LogP contribution in [0, 0.1) is 5.92 Å². The van der Waals surface area contributed by atoms with Gasteiger partial charge in [0.15, 0.2) is 0 Å². The van der Waals surface area contributed by atoms with Crippen LogP contribution >= 0.6 is 0 Å². The molecule has 0 unspecified atom stereocenters. The van der Waals surface area contributed by atoms with Crippen molar-refractivity contribution < 1.29 is 14.3 Å². The van der Waals surface area contributed by atoms with Crippen molar-refractivity contribution in [2.75, 3.05) is 20.2 Å². The Morgan fingerprint density at radius 3 is 2.83 bits per heavy atom. The molecule has 4 rings (SSSR count). The molecule has 0 atom stereocenters. The van der Waals surface area contributed by atoms with Crippen LogP contribution in [-0.4, -0.2) is 51.6 Å². The maximum absolute atomic E-state index is 12.5. The standard InChI is InChI=1S/C17H24N4O3/c1-23-10-14-15-11-24-17(12-21(15)19-18-14)6-8-20(9-7-17)16(22)13-4-2-3-5-13/h2-3,13H,4-12H2,1H3. The van der Waals surface area contributed by atoms with Crippen LogP contribution in [-0.2, 0) is 34.0 Å². The third kappa shape index (κ3) is 2.75. The Morgan fingerprint density at radius 1 is 1.38 bits per heavy atom. The first-order valence-electron chi connectivity index (χ1n) is 8.69. The van der Waals surface area contributed by atoms with Gasteiger partial charge in [0, 0.05) is 26.1 Å². The number of carbonyl (C=O) groups excluding carboxylic acids is 1. The molecular formula is C17H24N4O3. The number of piperidine rings is 1. The van der Waals surface area contributed by atoms with Crippen molar-refractivity contribution in [3.63, 3.8) is 0 Å². The minimum absolute atomic E-state index is 0.157. The maximum Gasteiger partial charge on any atom is 0.226 e. The highest BCUT2D eigenvalue weighted by atomic mass is 16.5. The van der Waals surface area contributed by atoms with Gasteiger partial charge in [0.25, 0.3) is 0 Å². The minimum Gasteiger partial charge on any atom is -0.378 e. The molecule has 1 spiro atoms. The zero-order valence-electron chi connectivity index (χ0n) is 14.1. The summed E-state index contributed by atoms with van der Waals surface area (Å²) >= 11 is 0. The predicted octanol–water partition coefficient (Wildman–Crippen LogP) is 1.28. The summed E-state index contributed by atoms with van der Waals surface area (Å²) < 4.78 is 13.3. The molecule has 0 bridgehead atoms. The van der Waals surface area contributed by atoms with Crippen LogP contribution in [0.15, 0.2) is 12.2 Å². The lowest BCUT2D eigenvalue weighted by Gasteiger charge is -2.44. The van der Waals surface area contributed by atoms with Crippen molar-refractivity contribution in [3.8, 4) is 0 Å². The highest BCUT2D eigenvalue weighted by Crippen LogP contribution is 2.34. The van der Waals surface area contributed by atoms with Crippen LogP contribution in [0.4, 0.5) is 0 Å². The largest absolute Gasteiger partial charge is 0.378 e. The number of rotatable bonds is 3. The lowest BCUT2D eigenvalue weighted by molar-refractivity contribution is -0.149. The van der Waals surface area contributed by atoms with Gasteiger partial charge in [-0.05, 0) is 25.7 Å². The SMILES string of the molecule is COCc1nnn2c1COC1(CCN(C(=O)C3CC=CC3)CC1)C2. The maximum atomic E-state index is 12.5. The Bertz CT molecular complexity index is 638. The fraction of sp³-hybridized carbons (Fsp3) is 0.706. The number of hydrogen-bond donors (Lipinski definition) is 0. The summed E-state index contributed by atoms with van der Waals surface area (Å²) in [5, 5.41) is 8.46. The number of ether oxygens (including phenoxy) is 2. The second-order valence-electron chi connectivity index (χ2n) is 7.01. The minimum atomic E-state index is -0.213. The molecule has 0 N–H and O–H groups in total. The summed E-state index contributed by atoms with van der Waals surface area (Å²) in [6.45, 7) is 3.23. The molecule has 2 aliphatic heterocycles. The Kier molecular flexibility index (Phi) is 4.14. The molecule has 0 radical (unpaired) electrons. The van der Waals surface area contributed by atoms with Crippen LogP contribution in [0.5, 0.6) is 0 Å². The van der Waals surface area contributed by atoms with E-state index in [2.05, 4.69) is 22.5 Å². The number of carbonyl (C=O) groups is 1. The van der Waals surface area contributed by atoms with Crippen LogP contribution < -0.4 is 0 Å². The van der Waals surface area contributed by atoms with Crippen molar-refractivity contribution in [1.82, 2.24) is 19.9 Å². The number of methoxy groups -OCH3 is 1. The fourth-order valence-corrected chi connectivity index (χ4v) is 3.96. The molecule has 1 aromatic rings. The number of nitrogens with zero attached hydrogens (tertiary/aromatic N) is 4. The van der Waals surface area contributed by atoms with E-state index < -0.39 is 0 Å². The third-order valence-corrected chi connectivity index (χ3v) is 5.50. The number of amides is 1. The van der Waals surface area contributed by atoms with Gasteiger partial charge in [0.05, 0.1) is 31.1 Å². The Morgan fingerprint density at radius 2 is 2.12 bits per heavy atom. The van der Waals surface area contributed by atoms with Crippen LogP contribution in [0.2, 0.25) is 0 Å². The molecule has 7 nitrogen and oxygen atoms in total. The van der Waals surface area contributed by atoms with Crippen LogP contribution in [0.25, 0.3) is 0 Å². The summed E-state index contributed by atoms with van der Waals surface area (Å²) in [7, 11) is 1.66. The van der Waals surface area contributed by atoms with Crippen molar-refractivity contribution in [1.29, 1.82) is 0 Å². The summed E-state index contributed by atoms with van der Waals surface area (Å²) in [5.41, 5.74) is 1.65. The second kappa shape index (κ2) is 6.29. The monoisotopic (exact) mass is 332 g/mol. The fourth-order valence-electron chi connectivity index (χ4n) is 3.96.